The summed E-state index contributed by atoms with van der Waals surface area (Å²) >= 11 is 1.69. The Morgan fingerprint density at radius 1 is 1.37 bits per heavy atom. The van der Waals surface area contributed by atoms with Crippen LogP contribution in [0.2, 0.25) is 0 Å². The van der Waals surface area contributed by atoms with Gasteiger partial charge in [-0.15, -0.1) is 0 Å². The summed E-state index contributed by atoms with van der Waals surface area (Å²) in [7, 11) is 0. The summed E-state index contributed by atoms with van der Waals surface area (Å²) < 4.78 is 0. The standard InChI is InChI=1S/C17H21OS/c1-4-17(12-8-11-16(17,3)13-18)14(2)19-15-9-6-5-7-10-15/h5-7,9-10,13H,2-4,8,11-12H2,1H3. The summed E-state index contributed by atoms with van der Waals surface area (Å²) in [6.07, 6.45) is 4.93. The van der Waals surface area contributed by atoms with Crippen molar-refractivity contribution < 1.29 is 4.79 Å². The molecule has 2 unspecified atom stereocenters. The molecule has 0 N–H and O–H groups in total. The Morgan fingerprint density at radius 3 is 2.63 bits per heavy atom. The Labute approximate surface area is 120 Å². The lowest BCUT2D eigenvalue weighted by atomic mass is 9.66. The summed E-state index contributed by atoms with van der Waals surface area (Å²) in [5.74, 6) is 0. The van der Waals surface area contributed by atoms with Crippen molar-refractivity contribution in [2.75, 3.05) is 0 Å². The van der Waals surface area contributed by atoms with Gasteiger partial charge < -0.3 is 4.79 Å². The fourth-order valence-electron chi connectivity index (χ4n) is 3.24. The molecule has 1 aliphatic carbocycles. The molecule has 0 bridgehead atoms. The van der Waals surface area contributed by atoms with Gasteiger partial charge in [0.05, 0.1) is 0 Å². The van der Waals surface area contributed by atoms with Crippen LogP contribution in [-0.2, 0) is 4.79 Å². The molecule has 2 heteroatoms. The lowest BCUT2D eigenvalue weighted by molar-refractivity contribution is -0.117. The predicted molar refractivity (Wildman–Crippen MR) is 81.9 cm³/mol. The summed E-state index contributed by atoms with van der Waals surface area (Å²) in [4.78, 5) is 13.8. The average molecular weight is 273 g/mol. The van der Waals surface area contributed by atoms with E-state index >= 15 is 0 Å². The molecule has 101 valence electrons. The molecule has 1 fully saturated rings. The van der Waals surface area contributed by atoms with Gasteiger partial charge in [-0.25, -0.2) is 0 Å². The Balaban J connectivity index is 2.27. The van der Waals surface area contributed by atoms with E-state index in [4.69, 9.17) is 0 Å². The first-order valence-corrected chi connectivity index (χ1v) is 7.63. The van der Waals surface area contributed by atoms with Crippen molar-refractivity contribution in [2.24, 2.45) is 10.8 Å². The Morgan fingerprint density at radius 2 is 2.05 bits per heavy atom. The van der Waals surface area contributed by atoms with Crippen LogP contribution < -0.4 is 0 Å². The van der Waals surface area contributed by atoms with Crippen molar-refractivity contribution >= 4 is 18.0 Å². The van der Waals surface area contributed by atoms with Gasteiger partial charge >= 0.3 is 0 Å². The minimum absolute atomic E-state index is 0.157. The molecule has 0 aromatic heterocycles. The Hall–Kier alpha value is -1.02. The van der Waals surface area contributed by atoms with Gasteiger partial charge in [0.15, 0.2) is 0 Å². The van der Waals surface area contributed by atoms with E-state index in [1.54, 1.807) is 11.8 Å². The van der Waals surface area contributed by atoms with Crippen molar-refractivity contribution in [2.45, 2.75) is 37.5 Å². The van der Waals surface area contributed by atoms with Gasteiger partial charge in [0, 0.05) is 15.7 Å². The third kappa shape index (κ3) is 2.38. The molecule has 1 aromatic rings. The normalized spacial score (nSPS) is 30.2. The van der Waals surface area contributed by atoms with Crippen molar-refractivity contribution in [1.82, 2.24) is 0 Å². The monoisotopic (exact) mass is 273 g/mol. The molecule has 2 atom stereocenters. The minimum Gasteiger partial charge on any atom is -0.303 e. The molecule has 0 saturated heterocycles. The van der Waals surface area contributed by atoms with E-state index in [0.717, 1.165) is 36.9 Å². The zero-order chi connectivity index (χ0) is 13.9. The van der Waals surface area contributed by atoms with Gasteiger partial charge in [-0.1, -0.05) is 49.9 Å². The molecule has 0 aliphatic heterocycles. The molecular formula is C17H21OS. The number of allylic oxidation sites excluding steroid dienone is 1. The molecule has 1 nitrogen and oxygen atoms in total. The predicted octanol–water partition coefficient (Wildman–Crippen LogP) is 4.89. The number of rotatable bonds is 5. The van der Waals surface area contributed by atoms with E-state index in [-0.39, 0.29) is 5.41 Å². The first-order valence-electron chi connectivity index (χ1n) is 6.82. The summed E-state index contributed by atoms with van der Waals surface area (Å²) in [6, 6.07) is 10.2. The highest BCUT2D eigenvalue weighted by Crippen LogP contribution is 2.60. The lowest BCUT2D eigenvalue weighted by Crippen LogP contribution is -2.37. The Bertz CT molecular complexity index is 467. The maximum atomic E-state index is 11.5. The summed E-state index contributed by atoms with van der Waals surface area (Å²) in [6.45, 7) is 10.7. The van der Waals surface area contributed by atoms with E-state index in [1.807, 2.05) is 18.2 Å². The molecule has 1 radical (unpaired) electrons. The first-order chi connectivity index (χ1) is 9.08. The van der Waals surface area contributed by atoms with E-state index in [9.17, 15) is 4.79 Å². The largest absolute Gasteiger partial charge is 0.303 e. The van der Waals surface area contributed by atoms with Crippen LogP contribution in [0, 0.1) is 17.8 Å². The summed E-state index contributed by atoms with van der Waals surface area (Å²) in [5.41, 5.74) is -0.657. The number of carbonyl (C=O) groups excluding carboxylic acids is 1. The maximum absolute atomic E-state index is 11.5. The molecule has 0 heterocycles. The van der Waals surface area contributed by atoms with E-state index in [0.29, 0.717) is 0 Å². The number of thioether (sulfide) groups is 1. The minimum atomic E-state index is -0.499. The number of aldehydes is 1. The number of hydrogen-bond donors (Lipinski definition) is 0. The van der Waals surface area contributed by atoms with Gasteiger partial charge in [0.2, 0.25) is 0 Å². The molecule has 0 spiro atoms. The molecule has 2 rings (SSSR count). The zero-order valence-electron chi connectivity index (χ0n) is 11.5. The van der Waals surface area contributed by atoms with Gasteiger partial charge in [0.25, 0.3) is 0 Å². The van der Waals surface area contributed by atoms with Crippen molar-refractivity contribution in [1.29, 1.82) is 0 Å². The van der Waals surface area contributed by atoms with E-state index in [2.05, 4.69) is 32.6 Å². The van der Waals surface area contributed by atoms with Crippen LogP contribution in [0.1, 0.15) is 32.6 Å². The summed E-state index contributed by atoms with van der Waals surface area (Å²) in [5, 5.41) is 0. The maximum Gasteiger partial charge on any atom is 0.127 e. The fraction of sp³-hybridized carbons (Fsp3) is 0.412. The van der Waals surface area contributed by atoms with E-state index < -0.39 is 5.41 Å². The highest BCUT2D eigenvalue weighted by Gasteiger charge is 2.52. The van der Waals surface area contributed by atoms with Gasteiger partial charge in [-0.2, -0.15) is 0 Å². The molecular weight excluding hydrogens is 252 g/mol. The second-order valence-corrected chi connectivity index (χ2v) is 6.57. The van der Waals surface area contributed by atoms with E-state index in [1.165, 1.54) is 4.90 Å². The second kappa shape index (κ2) is 5.54. The highest BCUT2D eigenvalue weighted by molar-refractivity contribution is 8.03. The van der Waals surface area contributed by atoms with Crippen LogP contribution in [0.3, 0.4) is 0 Å². The third-order valence-corrected chi connectivity index (χ3v) is 5.67. The third-order valence-electron chi connectivity index (χ3n) is 4.53. The van der Waals surface area contributed by atoms with Crippen molar-refractivity contribution in [3.05, 3.63) is 48.7 Å². The van der Waals surface area contributed by atoms with Crippen LogP contribution in [0.15, 0.2) is 46.7 Å². The zero-order valence-corrected chi connectivity index (χ0v) is 12.3. The van der Waals surface area contributed by atoms with Gasteiger partial charge in [0.1, 0.15) is 6.29 Å². The van der Waals surface area contributed by atoms with Gasteiger partial charge in [-0.05, 0) is 43.2 Å². The first kappa shape index (κ1) is 14.4. The fourth-order valence-corrected chi connectivity index (χ4v) is 4.46. The van der Waals surface area contributed by atoms with Crippen LogP contribution in [0.25, 0.3) is 0 Å². The molecule has 1 aromatic carbocycles. The van der Waals surface area contributed by atoms with Crippen LogP contribution in [0.5, 0.6) is 0 Å². The quantitative estimate of drug-likeness (QED) is 0.561. The molecule has 0 amide bonds. The second-order valence-electron chi connectivity index (χ2n) is 5.40. The highest BCUT2D eigenvalue weighted by atomic mass is 32.2. The van der Waals surface area contributed by atoms with Crippen LogP contribution >= 0.6 is 11.8 Å². The van der Waals surface area contributed by atoms with Crippen LogP contribution in [0.4, 0.5) is 0 Å². The molecule has 1 aliphatic rings. The smallest absolute Gasteiger partial charge is 0.127 e. The number of hydrogen-bond acceptors (Lipinski definition) is 2. The van der Waals surface area contributed by atoms with Gasteiger partial charge in [-0.3, -0.25) is 0 Å². The molecule has 19 heavy (non-hydrogen) atoms. The van der Waals surface area contributed by atoms with Crippen LogP contribution in [-0.4, -0.2) is 6.29 Å². The molecule has 1 saturated carbocycles. The SMILES string of the molecule is [CH2]C1(C=O)CCCC1(CC)C(=C)Sc1ccccc1. The lowest BCUT2D eigenvalue weighted by Gasteiger charge is -2.41. The van der Waals surface area contributed by atoms with Crippen molar-refractivity contribution in [3.63, 3.8) is 0 Å². The number of carbonyl (C=O) groups is 1. The number of benzene rings is 1. The topological polar surface area (TPSA) is 17.1 Å². The Kier molecular flexibility index (Phi) is 4.19. The van der Waals surface area contributed by atoms with Crippen molar-refractivity contribution in [3.8, 4) is 0 Å². The average Bonchev–Trinajstić information content (AvgIpc) is 2.78.